The van der Waals surface area contributed by atoms with Crippen molar-refractivity contribution in [3.05, 3.63) is 102 Å². The van der Waals surface area contributed by atoms with Gasteiger partial charge >= 0.3 is 0 Å². The first-order chi connectivity index (χ1) is 19.1. The minimum atomic E-state index is -0.459. The fourth-order valence-electron chi connectivity index (χ4n) is 4.45. The minimum absolute atomic E-state index is 0.00747. The molecular formula is C30H25N5O3S. The Balaban J connectivity index is 1.22. The van der Waals surface area contributed by atoms with Crippen molar-refractivity contribution in [1.82, 2.24) is 9.58 Å². The van der Waals surface area contributed by atoms with Crippen molar-refractivity contribution in [2.75, 3.05) is 13.2 Å². The summed E-state index contributed by atoms with van der Waals surface area (Å²) >= 11 is 1.24. The summed E-state index contributed by atoms with van der Waals surface area (Å²) in [6.45, 7) is 3.37. The Morgan fingerprint density at radius 1 is 0.974 bits per heavy atom. The Bertz CT molecular complexity index is 1670. The number of carbonyl (C=O) groups excluding carboxylic acids is 1. The number of hydrogen-bond acceptors (Lipinski definition) is 6. The molecule has 8 nitrogen and oxygen atoms in total. The number of aryl methyl sites for hydroxylation is 1. The summed E-state index contributed by atoms with van der Waals surface area (Å²) in [5, 5.41) is 16.6. The van der Waals surface area contributed by atoms with Gasteiger partial charge in [-0.15, -0.1) is 0 Å². The number of hydrogen-bond donors (Lipinski definition) is 1. The molecule has 6 rings (SSSR count). The molecule has 1 N–H and O–H groups in total. The number of carbonyl (C=O) groups is 1. The van der Waals surface area contributed by atoms with Gasteiger partial charge in [0.05, 0.1) is 12.1 Å². The SMILES string of the molecule is Cc1ccccc1OCCn1cc(/C=C2\C(=N)N3N=C(COc4ccccc4)SC3=NC2=O)c2ccccc21. The van der Waals surface area contributed by atoms with E-state index >= 15 is 0 Å². The maximum atomic E-state index is 13.0. The van der Waals surface area contributed by atoms with Crippen LogP contribution in [0.3, 0.4) is 0 Å². The summed E-state index contributed by atoms with van der Waals surface area (Å²) in [7, 11) is 0. The number of ether oxygens (including phenoxy) is 2. The molecule has 1 amide bonds. The van der Waals surface area contributed by atoms with Crippen molar-refractivity contribution in [2.24, 2.45) is 10.1 Å². The quantitative estimate of drug-likeness (QED) is 0.291. The molecule has 0 saturated heterocycles. The molecule has 2 aliphatic heterocycles. The van der Waals surface area contributed by atoms with Crippen molar-refractivity contribution in [3.63, 3.8) is 0 Å². The first-order valence-electron chi connectivity index (χ1n) is 12.5. The lowest BCUT2D eigenvalue weighted by molar-refractivity contribution is -0.114. The van der Waals surface area contributed by atoms with Crippen molar-refractivity contribution >= 4 is 50.7 Å². The highest BCUT2D eigenvalue weighted by molar-refractivity contribution is 8.27. The molecule has 4 aromatic rings. The molecule has 9 heteroatoms. The number of hydrazone groups is 1. The molecule has 3 heterocycles. The molecule has 0 saturated carbocycles. The van der Waals surface area contributed by atoms with Crippen molar-refractivity contribution < 1.29 is 14.3 Å². The first-order valence-corrected chi connectivity index (χ1v) is 13.3. The third-order valence-electron chi connectivity index (χ3n) is 6.40. The predicted octanol–water partition coefficient (Wildman–Crippen LogP) is 5.73. The lowest BCUT2D eigenvalue weighted by Gasteiger charge is -2.20. The number of thioether (sulfide) groups is 1. The van der Waals surface area contributed by atoms with Crippen molar-refractivity contribution in [2.45, 2.75) is 13.5 Å². The van der Waals surface area contributed by atoms with Gasteiger partial charge < -0.3 is 14.0 Å². The Labute approximate surface area is 229 Å². The molecule has 1 aromatic heterocycles. The number of amidine groups is 2. The van der Waals surface area contributed by atoms with E-state index in [4.69, 9.17) is 14.9 Å². The lowest BCUT2D eigenvalue weighted by atomic mass is 10.1. The highest BCUT2D eigenvalue weighted by Gasteiger charge is 2.36. The molecule has 3 aromatic carbocycles. The molecule has 0 radical (unpaired) electrons. The third kappa shape index (κ3) is 5.08. The van der Waals surface area contributed by atoms with Crippen LogP contribution in [0.5, 0.6) is 11.5 Å². The van der Waals surface area contributed by atoms with Crippen molar-refractivity contribution in [3.8, 4) is 11.5 Å². The van der Waals surface area contributed by atoms with Gasteiger partial charge in [-0.3, -0.25) is 10.2 Å². The fourth-order valence-corrected chi connectivity index (χ4v) is 5.25. The molecule has 0 atom stereocenters. The van der Waals surface area contributed by atoms with Crippen LogP contribution in [0.25, 0.3) is 17.0 Å². The third-order valence-corrected chi connectivity index (χ3v) is 7.29. The molecule has 0 spiro atoms. The number of nitrogens with zero attached hydrogens (tertiary/aromatic N) is 4. The van der Waals surface area contributed by atoms with E-state index in [1.807, 2.05) is 92.0 Å². The monoisotopic (exact) mass is 535 g/mol. The number of fused-ring (bicyclic) bond motifs is 2. The summed E-state index contributed by atoms with van der Waals surface area (Å²) in [4.78, 5) is 17.2. The van der Waals surface area contributed by atoms with Gasteiger partial charge in [-0.05, 0) is 54.6 Å². The largest absolute Gasteiger partial charge is 0.491 e. The van der Waals surface area contributed by atoms with E-state index < -0.39 is 5.91 Å². The number of aliphatic imine (C=N–C) groups is 1. The van der Waals surface area contributed by atoms with E-state index in [1.165, 1.54) is 16.8 Å². The lowest BCUT2D eigenvalue weighted by Crippen LogP contribution is -2.35. The van der Waals surface area contributed by atoms with Crippen LogP contribution in [0.15, 0.2) is 101 Å². The molecule has 0 bridgehead atoms. The van der Waals surface area contributed by atoms with Gasteiger partial charge in [-0.2, -0.15) is 15.1 Å². The molecule has 39 heavy (non-hydrogen) atoms. The number of benzene rings is 3. The molecule has 2 aliphatic rings. The standard InChI is InChI=1S/C30H25N5O3S/c1-20-9-5-8-14-26(20)37-16-15-34-18-21(23-12-6-7-13-25(23)34)17-24-28(31)35-30(32-29(24)36)39-27(33-35)19-38-22-10-3-2-4-11-22/h2-14,17-18,31H,15-16,19H2,1H3/b24-17+,31-28?. The summed E-state index contributed by atoms with van der Waals surface area (Å²) in [6.07, 6.45) is 3.71. The van der Waals surface area contributed by atoms with Crippen LogP contribution in [0.4, 0.5) is 0 Å². The van der Waals surface area contributed by atoms with Gasteiger partial charge in [0, 0.05) is 22.7 Å². The number of amides is 1. The Morgan fingerprint density at radius 3 is 2.59 bits per heavy atom. The smallest absolute Gasteiger partial charge is 0.283 e. The Kier molecular flexibility index (Phi) is 6.73. The zero-order valence-corrected chi connectivity index (χ0v) is 22.0. The van der Waals surface area contributed by atoms with Crippen LogP contribution < -0.4 is 9.47 Å². The van der Waals surface area contributed by atoms with Crippen LogP contribution >= 0.6 is 11.8 Å². The maximum Gasteiger partial charge on any atom is 0.283 e. The van der Waals surface area contributed by atoms with Crippen LogP contribution in [0.1, 0.15) is 11.1 Å². The second-order valence-electron chi connectivity index (χ2n) is 9.02. The van der Waals surface area contributed by atoms with E-state index in [0.29, 0.717) is 23.4 Å². The van der Waals surface area contributed by atoms with E-state index in [0.717, 1.165) is 33.5 Å². The predicted molar refractivity (Wildman–Crippen MR) is 156 cm³/mol. The van der Waals surface area contributed by atoms with Crippen molar-refractivity contribution in [1.29, 1.82) is 5.41 Å². The van der Waals surface area contributed by atoms with E-state index in [1.54, 1.807) is 6.08 Å². The fraction of sp³-hybridized carbons (Fsp3) is 0.133. The average Bonchev–Trinajstić information content (AvgIpc) is 3.53. The highest BCUT2D eigenvalue weighted by atomic mass is 32.2. The van der Waals surface area contributed by atoms with Gasteiger partial charge in [0.25, 0.3) is 5.91 Å². The van der Waals surface area contributed by atoms with Crippen LogP contribution in [0.2, 0.25) is 0 Å². The molecule has 0 aliphatic carbocycles. The second-order valence-corrected chi connectivity index (χ2v) is 10.1. The van der Waals surface area contributed by atoms with E-state index in [9.17, 15) is 4.79 Å². The summed E-state index contributed by atoms with van der Waals surface area (Å²) < 4.78 is 13.9. The van der Waals surface area contributed by atoms with Gasteiger partial charge in [0.15, 0.2) is 5.84 Å². The molecule has 194 valence electrons. The number of rotatable bonds is 8. The number of nitrogens with one attached hydrogen (secondary N) is 1. The average molecular weight is 536 g/mol. The Hall–Kier alpha value is -4.63. The topological polar surface area (TPSA) is 92.3 Å². The van der Waals surface area contributed by atoms with Gasteiger partial charge in [0.1, 0.15) is 29.8 Å². The normalized spacial score (nSPS) is 15.9. The zero-order valence-electron chi connectivity index (χ0n) is 21.2. The van der Waals surface area contributed by atoms with Gasteiger partial charge in [-0.25, -0.2) is 0 Å². The van der Waals surface area contributed by atoms with Crippen LogP contribution in [0, 0.1) is 12.3 Å². The Morgan fingerprint density at radius 2 is 1.74 bits per heavy atom. The summed E-state index contributed by atoms with van der Waals surface area (Å²) in [6, 6.07) is 25.4. The summed E-state index contributed by atoms with van der Waals surface area (Å²) in [5.74, 6) is 1.12. The zero-order chi connectivity index (χ0) is 26.8. The van der Waals surface area contributed by atoms with Gasteiger partial charge in [-0.1, -0.05) is 54.6 Å². The van der Waals surface area contributed by atoms with Crippen LogP contribution in [-0.4, -0.2) is 44.7 Å². The minimum Gasteiger partial charge on any atom is -0.491 e. The number of aromatic nitrogens is 1. The highest BCUT2D eigenvalue weighted by Crippen LogP contribution is 2.30. The van der Waals surface area contributed by atoms with Gasteiger partial charge in [0.2, 0.25) is 5.17 Å². The van der Waals surface area contributed by atoms with E-state index in [-0.39, 0.29) is 18.0 Å². The molecule has 0 unspecified atom stereocenters. The second kappa shape index (κ2) is 10.6. The molecule has 0 fully saturated rings. The maximum absolute atomic E-state index is 13.0. The van der Waals surface area contributed by atoms with Crippen LogP contribution in [-0.2, 0) is 11.3 Å². The number of para-hydroxylation sites is 3. The van der Waals surface area contributed by atoms with E-state index in [2.05, 4.69) is 14.7 Å². The summed E-state index contributed by atoms with van der Waals surface area (Å²) in [5.41, 5.74) is 3.13. The molecular weight excluding hydrogens is 510 g/mol. The first kappa shape index (κ1) is 24.7.